The molecule has 1 aliphatic carbocycles. The van der Waals surface area contributed by atoms with E-state index in [0.717, 1.165) is 19.3 Å². The minimum atomic E-state index is -3.70. The molecule has 2 rings (SSSR count). The summed E-state index contributed by atoms with van der Waals surface area (Å²) in [4.78, 5) is 28.4. The van der Waals surface area contributed by atoms with Crippen LogP contribution >= 0.6 is 0 Å². The topological polar surface area (TPSA) is 86.8 Å². The quantitative estimate of drug-likeness (QED) is 0.624. The van der Waals surface area contributed by atoms with Crippen molar-refractivity contribution in [3.05, 3.63) is 29.3 Å². The van der Waals surface area contributed by atoms with E-state index in [9.17, 15) is 18.0 Å². The van der Waals surface area contributed by atoms with Gasteiger partial charge < -0.3 is 10.2 Å². The Balaban J connectivity index is 2.40. The minimum Gasteiger partial charge on any atom is -0.341 e. The van der Waals surface area contributed by atoms with Crippen molar-refractivity contribution >= 4 is 21.8 Å². The highest BCUT2D eigenvalue weighted by Gasteiger charge is 2.43. The lowest BCUT2D eigenvalue weighted by Gasteiger charge is -2.40. The smallest absolute Gasteiger partial charge is 0.252 e. The van der Waals surface area contributed by atoms with Crippen molar-refractivity contribution in [3.8, 4) is 0 Å². The van der Waals surface area contributed by atoms with E-state index in [1.165, 1.54) is 10.4 Å². The van der Waals surface area contributed by atoms with Gasteiger partial charge in [0, 0.05) is 31.7 Å². The largest absolute Gasteiger partial charge is 0.341 e. The van der Waals surface area contributed by atoms with Crippen LogP contribution < -0.4 is 5.32 Å². The molecule has 1 N–H and O–H groups in total. The standard InChI is InChI=1S/C23H37N3O4S/c1-6-25(7-2)22(28)23(15-11-10-12-16-23)24-21(27)19-14-13-18(5)20(17-19)31(29,30)26(8-3)9-4/h13-14,17H,6-12,15-16H2,1-5H3,(H,24,27). The number of nitrogens with one attached hydrogen (secondary N) is 1. The molecule has 7 nitrogen and oxygen atoms in total. The van der Waals surface area contributed by atoms with E-state index in [1.807, 2.05) is 13.8 Å². The van der Waals surface area contributed by atoms with Gasteiger partial charge in [-0.25, -0.2) is 8.42 Å². The van der Waals surface area contributed by atoms with Crippen LogP contribution in [-0.4, -0.2) is 61.2 Å². The Morgan fingerprint density at radius 2 is 1.55 bits per heavy atom. The zero-order chi connectivity index (χ0) is 23.2. The number of amides is 2. The Kier molecular flexibility index (Phi) is 8.65. The van der Waals surface area contributed by atoms with E-state index in [1.54, 1.807) is 37.8 Å². The molecule has 0 saturated heterocycles. The summed E-state index contributed by atoms with van der Waals surface area (Å²) in [6, 6.07) is 4.73. The van der Waals surface area contributed by atoms with Gasteiger partial charge in [0.2, 0.25) is 15.9 Å². The lowest BCUT2D eigenvalue weighted by molar-refractivity contribution is -0.139. The van der Waals surface area contributed by atoms with Gasteiger partial charge in [0.1, 0.15) is 5.54 Å². The fourth-order valence-corrected chi connectivity index (χ4v) is 6.08. The SMILES string of the molecule is CCN(CC)C(=O)C1(NC(=O)c2ccc(C)c(S(=O)(=O)N(CC)CC)c2)CCCCC1. The second-order valence-electron chi connectivity index (χ2n) is 8.14. The predicted molar refractivity (Wildman–Crippen MR) is 122 cm³/mol. The van der Waals surface area contributed by atoms with Crippen LogP contribution in [-0.2, 0) is 14.8 Å². The molecular weight excluding hydrogens is 414 g/mol. The zero-order valence-electron chi connectivity index (χ0n) is 19.5. The van der Waals surface area contributed by atoms with Crippen molar-refractivity contribution in [2.75, 3.05) is 26.2 Å². The maximum Gasteiger partial charge on any atom is 0.252 e. The van der Waals surface area contributed by atoms with Crippen LogP contribution in [0, 0.1) is 6.92 Å². The predicted octanol–water partition coefficient (Wildman–Crippen LogP) is 3.33. The Morgan fingerprint density at radius 1 is 0.968 bits per heavy atom. The number of likely N-dealkylation sites (N-methyl/N-ethyl adjacent to an activating group) is 1. The van der Waals surface area contributed by atoms with E-state index in [2.05, 4.69) is 5.32 Å². The van der Waals surface area contributed by atoms with Crippen LogP contribution in [0.15, 0.2) is 23.1 Å². The Morgan fingerprint density at radius 3 is 2.06 bits per heavy atom. The fourth-order valence-electron chi connectivity index (χ4n) is 4.37. The molecule has 1 aromatic carbocycles. The van der Waals surface area contributed by atoms with E-state index in [0.29, 0.717) is 44.6 Å². The molecule has 31 heavy (non-hydrogen) atoms. The van der Waals surface area contributed by atoms with Gasteiger partial charge in [0.05, 0.1) is 4.90 Å². The van der Waals surface area contributed by atoms with Gasteiger partial charge in [-0.05, 0) is 51.3 Å². The Hall–Kier alpha value is -1.93. The summed E-state index contributed by atoms with van der Waals surface area (Å²) < 4.78 is 27.5. The second-order valence-corrected chi connectivity index (χ2v) is 10.1. The maximum atomic E-state index is 13.3. The highest BCUT2D eigenvalue weighted by atomic mass is 32.2. The van der Waals surface area contributed by atoms with Crippen molar-refractivity contribution in [2.24, 2.45) is 0 Å². The summed E-state index contributed by atoms with van der Waals surface area (Å²) in [5, 5.41) is 3.01. The molecule has 1 aromatic rings. The molecule has 0 bridgehead atoms. The van der Waals surface area contributed by atoms with Gasteiger partial charge in [-0.1, -0.05) is 39.2 Å². The number of rotatable bonds is 9. The summed E-state index contributed by atoms with van der Waals surface area (Å²) in [5.41, 5.74) is -0.0758. The molecule has 1 aliphatic rings. The highest BCUT2D eigenvalue weighted by Crippen LogP contribution is 2.31. The summed E-state index contributed by atoms with van der Waals surface area (Å²) in [5.74, 6) is -0.452. The average Bonchev–Trinajstić information content (AvgIpc) is 2.76. The molecular formula is C23H37N3O4S. The highest BCUT2D eigenvalue weighted by molar-refractivity contribution is 7.89. The zero-order valence-corrected chi connectivity index (χ0v) is 20.3. The van der Waals surface area contributed by atoms with Gasteiger partial charge in [-0.3, -0.25) is 9.59 Å². The van der Waals surface area contributed by atoms with Crippen LogP contribution in [0.3, 0.4) is 0 Å². The first-order valence-corrected chi connectivity index (χ1v) is 12.8. The van der Waals surface area contributed by atoms with Crippen molar-refractivity contribution in [1.29, 1.82) is 0 Å². The van der Waals surface area contributed by atoms with Crippen LogP contribution in [0.1, 0.15) is 75.7 Å². The third-order valence-corrected chi connectivity index (χ3v) is 8.49. The van der Waals surface area contributed by atoms with Gasteiger partial charge in [0.25, 0.3) is 5.91 Å². The molecule has 174 valence electrons. The Bertz CT molecular complexity index is 884. The van der Waals surface area contributed by atoms with Gasteiger partial charge >= 0.3 is 0 Å². The van der Waals surface area contributed by atoms with Crippen LogP contribution in [0.25, 0.3) is 0 Å². The maximum absolute atomic E-state index is 13.3. The van der Waals surface area contributed by atoms with Crippen molar-refractivity contribution in [3.63, 3.8) is 0 Å². The number of sulfonamides is 1. The molecule has 0 spiro atoms. The van der Waals surface area contributed by atoms with Gasteiger partial charge in [-0.2, -0.15) is 4.31 Å². The van der Waals surface area contributed by atoms with E-state index < -0.39 is 21.5 Å². The minimum absolute atomic E-state index is 0.0475. The summed E-state index contributed by atoms with van der Waals surface area (Å²) in [7, 11) is -3.70. The summed E-state index contributed by atoms with van der Waals surface area (Å²) in [6.07, 6.45) is 4.00. The number of hydrogen-bond acceptors (Lipinski definition) is 4. The molecule has 0 heterocycles. The number of carbonyl (C=O) groups excluding carboxylic acids is 2. The molecule has 0 radical (unpaired) electrons. The Labute approximate surface area is 187 Å². The molecule has 0 atom stereocenters. The third-order valence-electron chi connectivity index (χ3n) is 6.29. The van der Waals surface area contributed by atoms with Crippen molar-refractivity contribution < 1.29 is 18.0 Å². The number of nitrogens with zero attached hydrogens (tertiary/aromatic N) is 2. The van der Waals surface area contributed by atoms with Crippen molar-refractivity contribution in [1.82, 2.24) is 14.5 Å². The summed E-state index contributed by atoms with van der Waals surface area (Å²) >= 11 is 0. The fraction of sp³-hybridized carbons (Fsp3) is 0.652. The molecule has 1 saturated carbocycles. The number of aryl methyl sites for hydroxylation is 1. The average molecular weight is 452 g/mol. The van der Waals surface area contributed by atoms with E-state index in [-0.39, 0.29) is 16.4 Å². The van der Waals surface area contributed by atoms with Crippen LogP contribution in [0.2, 0.25) is 0 Å². The molecule has 2 amide bonds. The van der Waals surface area contributed by atoms with Gasteiger partial charge in [-0.15, -0.1) is 0 Å². The second kappa shape index (κ2) is 10.6. The first-order valence-electron chi connectivity index (χ1n) is 11.4. The summed E-state index contributed by atoms with van der Waals surface area (Å²) in [6.45, 7) is 11.1. The normalized spacial score (nSPS) is 16.2. The molecule has 0 aliphatic heterocycles. The van der Waals surface area contributed by atoms with E-state index in [4.69, 9.17) is 0 Å². The van der Waals surface area contributed by atoms with E-state index >= 15 is 0 Å². The lowest BCUT2D eigenvalue weighted by Crippen LogP contribution is -2.60. The lowest BCUT2D eigenvalue weighted by atomic mass is 9.80. The number of benzene rings is 1. The molecule has 8 heteroatoms. The number of hydrogen-bond donors (Lipinski definition) is 1. The molecule has 1 fully saturated rings. The van der Waals surface area contributed by atoms with Crippen molar-refractivity contribution in [2.45, 2.75) is 77.2 Å². The molecule has 0 aromatic heterocycles. The molecule has 0 unspecified atom stereocenters. The third kappa shape index (κ3) is 5.29. The first-order chi connectivity index (χ1) is 14.7. The number of carbonyl (C=O) groups is 2. The monoisotopic (exact) mass is 451 g/mol. The van der Waals surface area contributed by atoms with Crippen LogP contribution in [0.4, 0.5) is 0 Å². The van der Waals surface area contributed by atoms with Gasteiger partial charge in [0.15, 0.2) is 0 Å². The van der Waals surface area contributed by atoms with Crippen LogP contribution in [0.5, 0.6) is 0 Å². The first kappa shape index (κ1) is 25.3.